The van der Waals surface area contributed by atoms with Crippen molar-refractivity contribution in [2.45, 2.75) is 25.0 Å². The quantitative estimate of drug-likeness (QED) is 0.782. The highest BCUT2D eigenvalue weighted by atomic mass is 16.7. The van der Waals surface area contributed by atoms with Crippen LogP contribution < -0.4 is 10.1 Å². The Morgan fingerprint density at radius 2 is 1.89 bits per heavy atom. The highest BCUT2D eigenvalue weighted by Gasteiger charge is 2.48. The number of hydrogen-bond acceptors (Lipinski definition) is 5. The number of aliphatic carboxylic acids is 1. The van der Waals surface area contributed by atoms with Gasteiger partial charge in [0.05, 0.1) is 19.2 Å². The molecule has 0 fully saturated rings. The van der Waals surface area contributed by atoms with Crippen LogP contribution >= 0.6 is 0 Å². The van der Waals surface area contributed by atoms with E-state index in [9.17, 15) is 14.7 Å². The van der Waals surface area contributed by atoms with Crippen molar-refractivity contribution >= 4 is 17.6 Å². The lowest BCUT2D eigenvalue weighted by Crippen LogP contribution is -2.48. The lowest BCUT2D eigenvalue weighted by Gasteiger charge is -2.23. The van der Waals surface area contributed by atoms with Gasteiger partial charge in [0, 0.05) is 13.0 Å². The molecule has 1 aliphatic rings. The lowest BCUT2D eigenvalue weighted by atomic mass is 9.90. The van der Waals surface area contributed by atoms with Crippen molar-refractivity contribution in [3.63, 3.8) is 0 Å². The third-order valence-corrected chi connectivity index (χ3v) is 4.35. The number of carbonyl (C=O) groups is 2. The standard InChI is InChI=1S/C20H20N2O5/c1-26-16-9-7-15(8-10-16)17-11-20(27-22-17,12-18(23)24)19(25)21-13-14-5-3-2-4-6-14/h2-10H,11-13H2,1H3,(H,21,25)(H,23,24)/t20-/m0/s1. The molecule has 140 valence electrons. The van der Waals surface area contributed by atoms with E-state index in [0.29, 0.717) is 11.5 Å². The second kappa shape index (κ2) is 7.90. The van der Waals surface area contributed by atoms with Crippen LogP contribution in [0.25, 0.3) is 0 Å². The summed E-state index contributed by atoms with van der Waals surface area (Å²) in [6.07, 6.45) is -0.400. The number of nitrogens with zero attached hydrogens (tertiary/aromatic N) is 1. The van der Waals surface area contributed by atoms with Crippen LogP contribution in [0.3, 0.4) is 0 Å². The van der Waals surface area contributed by atoms with Gasteiger partial charge in [0.1, 0.15) is 5.75 Å². The van der Waals surface area contributed by atoms with Crippen LogP contribution in [0, 0.1) is 0 Å². The maximum Gasteiger partial charge on any atom is 0.308 e. The first-order valence-corrected chi connectivity index (χ1v) is 8.46. The Hall–Kier alpha value is -3.35. The number of oxime groups is 1. The van der Waals surface area contributed by atoms with E-state index in [-0.39, 0.29) is 13.0 Å². The van der Waals surface area contributed by atoms with Crippen LogP contribution in [-0.4, -0.2) is 35.4 Å². The van der Waals surface area contributed by atoms with Gasteiger partial charge in [0.25, 0.3) is 5.91 Å². The number of methoxy groups -OCH3 is 1. The SMILES string of the molecule is COc1ccc(C2=NO[C@@](CC(=O)O)(C(=O)NCc3ccccc3)C2)cc1. The van der Waals surface area contributed by atoms with Gasteiger partial charge in [-0.2, -0.15) is 0 Å². The summed E-state index contributed by atoms with van der Waals surface area (Å²) < 4.78 is 5.12. The molecule has 0 saturated carbocycles. The van der Waals surface area contributed by atoms with Crippen LogP contribution in [0.15, 0.2) is 59.8 Å². The fourth-order valence-electron chi connectivity index (χ4n) is 2.90. The van der Waals surface area contributed by atoms with Crippen LogP contribution in [0.4, 0.5) is 0 Å². The Bertz CT molecular complexity index is 848. The van der Waals surface area contributed by atoms with Crippen molar-refractivity contribution in [1.82, 2.24) is 5.32 Å². The third-order valence-electron chi connectivity index (χ3n) is 4.35. The summed E-state index contributed by atoms with van der Waals surface area (Å²) in [6, 6.07) is 16.5. The predicted octanol–water partition coefficient (Wildman–Crippen LogP) is 2.35. The summed E-state index contributed by atoms with van der Waals surface area (Å²) in [7, 11) is 1.57. The minimum atomic E-state index is -1.56. The molecule has 7 heteroatoms. The van der Waals surface area contributed by atoms with Crippen molar-refractivity contribution in [1.29, 1.82) is 0 Å². The fourth-order valence-corrected chi connectivity index (χ4v) is 2.90. The van der Waals surface area contributed by atoms with Gasteiger partial charge < -0.3 is 20.0 Å². The first-order chi connectivity index (χ1) is 13.0. The number of ether oxygens (including phenoxy) is 1. The molecule has 0 spiro atoms. The summed E-state index contributed by atoms with van der Waals surface area (Å²) in [5, 5.41) is 16.0. The molecule has 0 saturated heterocycles. The van der Waals surface area contributed by atoms with Gasteiger partial charge >= 0.3 is 5.97 Å². The smallest absolute Gasteiger partial charge is 0.308 e. The molecule has 3 rings (SSSR count). The van der Waals surface area contributed by atoms with E-state index in [1.165, 1.54) is 0 Å². The summed E-state index contributed by atoms with van der Waals surface area (Å²) in [6.45, 7) is 0.280. The number of rotatable bonds is 7. The minimum Gasteiger partial charge on any atom is -0.497 e. The van der Waals surface area contributed by atoms with Gasteiger partial charge in [0.15, 0.2) is 0 Å². The van der Waals surface area contributed by atoms with Gasteiger partial charge in [0.2, 0.25) is 5.60 Å². The molecule has 0 radical (unpaired) electrons. The van der Waals surface area contributed by atoms with Gasteiger partial charge in [-0.1, -0.05) is 35.5 Å². The zero-order valence-electron chi connectivity index (χ0n) is 14.8. The van der Waals surface area contributed by atoms with Crippen LogP contribution in [0.5, 0.6) is 5.75 Å². The molecule has 1 aliphatic heterocycles. The highest BCUT2D eigenvalue weighted by Crippen LogP contribution is 2.31. The van der Waals surface area contributed by atoms with Crippen molar-refractivity contribution in [3.05, 3.63) is 65.7 Å². The van der Waals surface area contributed by atoms with E-state index in [1.54, 1.807) is 31.4 Å². The summed E-state index contributed by atoms with van der Waals surface area (Å²) in [5.41, 5.74) is 0.619. The van der Waals surface area contributed by atoms with Crippen molar-refractivity contribution < 1.29 is 24.3 Å². The Morgan fingerprint density at radius 1 is 1.19 bits per heavy atom. The fraction of sp³-hybridized carbons (Fsp3) is 0.250. The Labute approximate surface area is 156 Å². The Balaban J connectivity index is 1.73. The number of hydrogen-bond donors (Lipinski definition) is 2. The lowest BCUT2D eigenvalue weighted by molar-refractivity contribution is -0.156. The first-order valence-electron chi connectivity index (χ1n) is 8.46. The van der Waals surface area contributed by atoms with Gasteiger partial charge in [-0.25, -0.2) is 0 Å². The number of carbonyl (C=O) groups excluding carboxylic acids is 1. The van der Waals surface area contributed by atoms with Crippen LogP contribution in [0.2, 0.25) is 0 Å². The van der Waals surface area contributed by atoms with Crippen molar-refractivity contribution in [2.24, 2.45) is 5.16 Å². The molecule has 2 N–H and O–H groups in total. The van der Waals surface area contributed by atoms with Gasteiger partial charge in [-0.15, -0.1) is 0 Å². The molecule has 0 aromatic heterocycles. The van der Waals surface area contributed by atoms with Crippen LogP contribution in [0.1, 0.15) is 24.0 Å². The monoisotopic (exact) mass is 368 g/mol. The van der Waals surface area contributed by atoms with E-state index in [0.717, 1.165) is 11.1 Å². The molecule has 1 amide bonds. The van der Waals surface area contributed by atoms with Crippen molar-refractivity contribution in [3.8, 4) is 5.75 Å². The zero-order valence-corrected chi connectivity index (χ0v) is 14.8. The maximum absolute atomic E-state index is 12.8. The second-order valence-corrected chi connectivity index (χ2v) is 6.27. The molecular formula is C20H20N2O5. The van der Waals surface area contributed by atoms with E-state index < -0.39 is 23.9 Å². The topological polar surface area (TPSA) is 97.2 Å². The maximum atomic E-state index is 12.8. The summed E-state index contributed by atoms with van der Waals surface area (Å²) >= 11 is 0. The van der Waals surface area contributed by atoms with Crippen molar-refractivity contribution in [2.75, 3.05) is 7.11 Å². The first kappa shape index (κ1) is 18.4. The average molecular weight is 368 g/mol. The largest absolute Gasteiger partial charge is 0.497 e. The predicted molar refractivity (Wildman–Crippen MR) is 98.5 cm³/mol. The van der Waals surface area contributed by atoms with Gasteiger partial charge in [-0.3, -0.25) is 9.59 Å². The zero-order chi connectivity index (χ0) is 19.3. The Kier molecular flexibility index (Phi) is 5.40. The van der Waals surface area contributed by atoms with Gasteiger partial charge in [-0.05, 0) is 35.4 Å². The highest BCUT2D eigenvalue weighted by molar-refractivity contribution is 6.06. The van der Waals surface area contributed by atoms with Crippen LogP contribution in [-0.2, 0) is 21.0 Å². The summed E-state index contributed by atoms with van der Waals surface area (Å²) in [5.74, 6) is -0.937. The molecule has 0 aliphatic carbocycles. The number of nitrogens with one attached hydrogen (secondary N) is 1. The molecule has 7 nitrogen and oxygen atoms in total. The molecule has 1 atom stereocenters. The number of benzene rings is 2. The Morgan fingerprint density at radius 3 is 2.52 bits per heavy atom. The molecule has 2 aromatic rings. The summed E-state index contributed by atoms with van der Waals surface area (Å²) in [4.78, 5) is 29.5. The molecule has 0 unspecified atom stereocenters. The number of carboxylic acid groups (broad SMARTS) is 1. The number of amides is 1. The molecular weight excluding hydrogens is 348 g/mol. The number of carboxylic acids is 1. The third kappa shape index (κ3) is 4.25. The second-order valence-electron chi connectivity index (χ2n) is 6.27. The molecule has 1 heterocycles. The van der Waals surface area contributed by atoms with E-state index >= 15 is 0 Å². The average Bonchev–Trinajstić information content (AvgIpc) is 3.11. The molecule has 27 heavy (non-hydrogen) atoms. The minimum absolute atomic E-state index is 0.0756. The molecule has 2 aromatic carbocycles. The molecule has 0 bridgehead atoms. The van der Waals surface area contributed by atoms with E-state index in [1.807, 2.05) is 30.3 Å². The van der Waals surface area contributed by atoms with E-state index in [4.69, 9.17) is 9.57 Å². The normalized spacial score (nSPS) is 18.3. The van der Waals surface area contributed by atoms with E-state index in [2.05, 4.69) is 10.5 Å².